The largest absolute Gasteiger partial charge is 0.352 e. The van der Waals surface area contributed by atoms with E-state index >= 15 is 0 Å². The van der Waals surface area contributed by atoms with Crippen molar-refractivity contribution in [1.29, 1.82) is 0 Å². The molecule has 2 aliphatic heterocycles. The molecular formula is C21H36FN3O. The molecule has 2 saturated heterocycles. The predicted octanol–water partition coefficient (Wildman–Crippen LogP) is 2.78. The van der Waals surface area contributed by atoms with Gasteiger partial charge in [0.1, 0.15) is 6.17 Å². The van der Waals surface area contributed by atoms with Crippen molar-refractivity contribution in [2.75, 3.05) is 13.1 Å². The van der Waals surface area contributed by atoms with Gasteiger partial charge in [-0.05, 0) is 82.2 Å². The molecule has 8 atom stereocenters. The van der Waals surface area contributed by atoms with Gasteiger partial charge in [-0.3, -0.25) is 4.79 Å². The van der Waals surface area contributed by atoms with E-state index in [1.54, 1.807) is 0 Å². The first-order chi connectivity index (χ1) is 12.6. The summed E-state index contributed by atoms with van der Waals surface area (Å²) in [5.41, 5.74) is 0. The molecule has 148 valence electrons. The highest BCUT2D eigenvalue weighted by Crippen LogP contribution is 2.39. The van der Waals surface area contributed by atoms with Gasteiger partial charge in [-0.25, -0.2) is 4.39 Å². The molecule has 0 bridgehead atoms. The van der Waals surface area contributed by atoms with Crippen LogP contribution >= 0.6 is 0 Å². The van der Waals surface area contributed by atoms with Crippen LogP contribution < -0.4 is 16.0 Å². The molecule has 2 heterocycles. The van der Waals surface area contributed by atoms with E-state index in [0.717, 1.165) is 44.2 Å². The fourth-order valence-corrected chi connectivity index (χ4v) is 6.17. The van der Waals surface area contributed by atoms with Crippen molar-refractivity contribution in [3.63, 3.8) is 0 Å². The summed E-state index contributed by atoms with van der Waals surface area (Å²) in [5.74, 6) is 2.15. The van der Waals surface area contributed by atoms with E-state index in [2.05, 4.69) is 22.9 Å². The summed E-state index contributed by atoms with van der Waals surface area (Å²) < 4.78 is 14.3. The Morgan fingerprint density at radius 2 is 1.88 bits per heavy atom. The van der Waals surface area contributed by atoms with Crippen molar-refractivity contribution in [2.45, 2.75) is 89.0 Å². The summed E-state index contributed by atoms with van der Waals surface area (Å²) in [6.45, 7) is 4.50. The van der Waals surface area contributed by atoms with Crippen molar-refractivity contribution in [3.8, 4) is 0 Å². The first kappa shape index (κ1) is 18.7. The van der Waals surface area contributed by atoms with Gasteiger partial charge in [0.25, 0.3) is 0 Å². The lowest BCUT2D eigenvalue weighted by Crippen LogP contribution is -2.50. The van der Waals surface area contributed by atoms with Gasteiger partial charge in [0.05, 0.1) is 6.04 Å². The third kappa shape index (κ3) is 3.94. The molecule has 4 rings (SSSR count). The van der Waals surface area contributed by atoms with Crippen molar-refractivity contribution < 1.29 is 9.18 Å². The highest BCUT2D eigenvalue weighted by Gasteiger charge is 2.46. The second kappa shape index (κ2) is 8.14. The molecule has 4 nitrogen and oxygen atoms in total. The quantitative estimate of drug-likeness (QED) is 0.721. The monoisotopic (exact) mass is 365 g/mol. The molecule has 0 spiro atoms. The van der Waals surface area contributed by atoms with E-state index < -0.39 is 6.17 Å². The molecule has 5 heteroatoms. The number of halogens is 1. The molecule has 4 fully saturated rings. The van der Waals surface area contributed by atoms with Crippen LogP contribution in [0.25, 0.3) is 0 Å². The molecule has 0 aromatic rings. The Labute approximate surface area is 157 Å². The van der Waals surface area contributed by atoms with Gasteiger partial charge in [-0.15, -0.1) is 0 Å². The summed E-state index contributed by atoms with van der Waals surface area (Å²) >= 11 is 0. The van der Waals surface area contributed by atoms with Crippen LogP contribution in [0.2, 0.25) is 0 Å². The highest BCUT2D eigenvalue weighted by molar-refractivity contribution is 5.82. The topological polar surface area (TPSA) is 53.2 Å². The second-order valence-electron chi connectivity index (χ2n) is 9.45. The highest BCUT2D eigenvalue weighted by atomic mass is 19.1. The zero-order valence-electron chi connectivity index (χ0n) is 16.2. The number of nitrogens with one attached hydrogen (secondary N) is 3. The van der Waals surface area contributed by atoms with Crippen molar-refractivity contribution in [2.24, 2.45) is 23.7 Å². The molecule has 0 aromatic heterocycles. The summed E-state index contributed by atoms with van der Waals surface area (Å²) in [7, 11) is 0. The zero-order chi connectivity index (χ0) is 18.1. The minimum atomic E-state index is -0.737. The molecule has 2 aliphatic carbocycles. The van der Waals surface area contributed by atoms with Crippen LogP contribution in [-0.2, 0) is 4.79 Å². The minimum absolute atomic E-state index is 0.0296. The summed E-state index contributed by atoms with van der Waals surface area (Å²) in [5, 5.41) is 10.3. The van der Waals surface area contributed by atoms with Gasteiger partial charge in [0.2, 0.25) is 5.91 Å². The number of rotatable bonds is 3. The molecule has 26 heavy (non-hydrogen) atoms. The SMILES string of the molecule is CC1CCC(F)C2CC(C(=O)N[C@@H]3CCC[C@@H](C4CCCNC4)C3)NC12. The Morgan fingerprint density at radius 3 is 2.65 bits per heavy atom. The molecule has 2 saturated carbocycles. The number of alkyl halides is 1. The Balaban J connectivity index is 1.30. The first-order valence-electron chi connectivity index (χ1n) is 11.0. The molecular weight excluding hydrogens is 329 g/mol. The number of piperidine rings is 1. The molecule has 6 unspecified atom stereocenters. The summed E-state index contributed by atoms with van der Waals surface area (Å²) in [6.07, 6.45) is 8.91. The van der Waals surface area contributed by atoms with Crippen molar-refractivity contribution >= 4 is 5.91 Å². The maximum absolute atomic E-state index is 14.3. The van der Waals surface area contributed by atoms with E-state index in [1.165, 1.54) is 25.7 Å². The Morgan fingerprint density at radius 1 is 1.04 bits per heavy atom. The molecule has 0 radical (unpaired) electrons. The van der Waals surface area contributed by atoms with E-state index in [0.29, 0.717) is 24.8 Å². The Bertz CT molecular complexity index is 478. The zero-order valence-corrected chi connectivity index (χ0v) is 16.2. The number of fused-ring (bicyclic) bond motifs is 1. The lowest BCUT2D eigenvalue weighted by molar-refractivity contribution is -0.124. The molecule has 1 amide bonds. The van der Waals surface area contributed by atoms with Gasteiger partial charge in [0, 0.05) is 18.0 Å². The lowest BCUT2D eigenvalue weighted by atomic mass is 9.75. The number of hydrogen-bond acceptors (Lipinski definition) is 3. The summed E-state index contributed by atoms with van der Waals surface area (Å²) in [6, 6.07) is 0.300. The summed E-state index contributed by atoms with van der Waals surface area (Å²) in [4.78, 5) is 12.8. The third-order valence-electron chi connectivity index (χ3n) is 7.72. The maximum atomic E-state index is 14.3. The fraction of sp³-hybridized carbons (Fsp3) is 0.952. The van der Waals surface area contributed by atoms with E-state index in [4.69, 9.17) is 0 Å². The standard InChI is InChI=1S/C21H36FN3O/c1-13-7-8-18(22)17-11-19(25-20(13)17)21(26)24-16-6-2-4-14(10-16)15-5-3-9-23-12-15/h13-20,23,25H,2-12H2,1H3,(H,24,26)/t13?,14-,15?,16-,17?,18?,19?,20?/m1/s1. The number of amides is 1. The van der Waals surface area contributed by atoms with Gasteiger partial charge in [0.15, 0.2) is 0 Å². The van der Waals surface area contributed by atoms with Gasteiger partial charge in [-0.1, -0.05) is 13.3 Å². The van der Waals surface area contributed by atoms with Crippen molar-refractivity contribution in [1.82, 2.24) is 16.0 Å². The Hall–Kier alpha value is -0.680. The predicted molar refractivity (Wildman–Crippen MR) is 102 cm³/mol. The van der Waals surface area contributed by atoms with Crippen LogP contribution in [0.5, 0.6) is 0 Å². The van der Waals surface area contributed by atoms with Gasteiger partial charge < -0.3 is 16.0 Å². The minimum Gasteiger partial charge on any atom is -0.352 e. The van der Waals surface area contributed by atoms with Crippen LogP contribution in [-0.4, -0.2) is 43.3 Å². The molecule has 0 aromatic carbocycles. The first-order valence-corrected chi connectivity index (χ1v) is 11.0. The van der Waals surface area contributed by atoms with Gasteiger partial charge in [-0.2, -0.15) is 0 Å². The average Bonchev–Trinajstić information content (AvgIpc) is 3.13. The average molecular weight is 366 g/mol. The number of carbonyl (C=O) groups excluding carboxylic acids is 1. The number of hydrogen-bond donors (Lipinski definition) is 3. The molecule has 3 N–H and O–H groups in total. The van der Waals surface area contributed by atoms with E-state index in [-0.39, 0.29) is 23.9 Å². The smallest absolute Gasteiger partial charge is 0.237 e. The number of carbonyl (C=O) groups is 1. The van der Waals surface area contributed by atoms with Gasteiger partial charge >= 0.3 is 0 Å². The van der Waals surface area contributed by atoms with E-state index in [9.17, 15) is 9.18 Å². The maximum Gasteiger partial charge on any atom is 0.237 e. The fourth-order valence-electron chi connectivity index (χ4n) is 6.17. The van der Waals surface area contributed by atoms with E-state index in [1.807, 2.05) is 0 Å². The van der Waals surface area contributed by atoms with Crippen molar-refractivity contribution in [3.05, 3.63) is 0 Å². The van der Waals surface area contributed by atoms with Crippen LogP contribution in [0.1, 0.15) is 64.7 Å². The van der Waals surface area contributed by atoms with Crippen LogP contribution in [0.4, 0.5) is 4.39 Å². The van der Waals surface area contributed by atoms with Crippen LogP contribution in [0.15, 0.2) is 0 Å². The lowest BCUT2D eigenvalue weighted by Gasteiger charge is -2.37. The normalized spacial score (nSPS) is 46.5. The Kier molecular flexibility index (Phi) is 5.84. The third-order valence-corrected chi connectivity index (χ3v) is 7.72. The molecule has 4 aliphatic rings. The van der Waals surface area contributed by atoms with Crippen LogP contribution in [0, 0.1) is 23.7 Å². The second-order valence-corrected chi connectivity index (χ2v) is 9.45. The van der Waals surface area contributed by atoms with Crippen LogP contribution in [0.3, 0.4) is 0 Å².